The fourth-order valence-electron chi connectivity index (χ4n) is 1.43. The van der Waals surface area contributed by atoms with E-state index >= 15 is 0 Å². The maximum atomic E-state index is 9.84. The zero-order valence-corrected chi connectivity index (χ0v) is 10.0. The number of oxime groups is 2. The van der Waals surface area contributed by atoms with Crippen molar-refractivity contribution in [1.82, 2.24) is 0 Å². The summed E-state index contributed by atoms with van der Waals surface area (Å²) >= 11 is 0. The number of phenolic OH excluding ortho intramolecular Hbond substituents is 1. The molecule has 1 aromatic carbocycles. The van der Waals surface area contributed by atoms with E-state index in [1.807, 2.05) is 20.8 Å². The Morgan fingerprint density at radius 1 is 1.00 bits per heavy atom. The molecule has 0 aliphatic carbocycles. The molecule has 0 saturated carbocycles. The summed E-state index contributed by atoms with van der Waals surface area (Å²) in [6, 6.07) is 3.45. The number of hydrogen-bond donors (Lipinski definition) is 3. The monoisotopic (exact) mass is 236 g/mol. The topological polar surface area (TPSA) is 85.4 Å². The van der Waals surface area contributed by atoms with Crippen LogP contribution in [0.25, 0.3) is 0 Å². The van der Waals surface area contributed by atoms with Gasteiger partial charge >= 0.3 is 0 Å². The Hall–Kier alpha value is -2.04. The van der Waals surface area contributed by atoms with Crippen molar-refractivity contribution in [3.63, 3.8) is 0 Å². The number of nitrogens with zero attached hydrogens (tertiary/aromatic N) is 2. The van der Waals surface area contributed by atoms with Crippen molar-refractivity contribution in [1.29, 1.82) is 0 Å². The Kier molecular flexibility index (Phi) is 3.73. The van der Waals surface area contributed by atoms with Crippen LogP contribution in [0.5, 0.6) is 5.75 Å². The minimum atomic E-state index is -0.135. The molecule has 0 heterocycles. The molecule has 5 heteroatoms. The van der Waals surface area contributed by atoms with E-state index in [4.69, 9.17) is 10.4 Å². The maximum absolute atomic E-state index is 9.84. The molecule has 0 spiro atoms. The summed E-state index contributed by atoms with van der Waals surface area (Å²) in [6.07, 6.45) is 2.28. The molecule has 0 amide bonds. The van der Waals surface area contributed by atoms with Gasteiger partial charge in [0.15, 0.2) is 0 Å². The van der Waals surface area contributed by atoms with Crippen LogP contribution in [0, 0.1) is 0 Å². The van der Waals surface area contributed by atoms with Crippen LogP contribution in [0.4, 0.5) is 0 Å². The van der Waals surface area contributed by atoms with Gasteiger partial charge in [-0.25, -0.2) is 0 Å². The molecule has 1 rings (SSSR count). The summed E-state index contributed by atoms with van der Waals surface area (Å²) in [4.78, 5) is 0. The molecular formula is C12H16N2O3. The molecule has 0 bridgehead atoms. The molecule has 5 nitrogen and oxygen atoms in total. The first-order valence-electron chi connectivity index (χ1n) is 5.12. The molecular weight excluding hydrogens is 220 g/mol. The van der Waals surface area contributed by atoms with Crippen molar-refractivity contribution in [3.8, 4) is 5.75 Å². The number of benzene rings is 1. The third-order valence-electron chi connectivity index (χ3n) is 2.43. The summed E-state index contributed by atoms with van der Waals surface area (Å²) in [7, 11) is 0. The van der Waals surface area contributed by atoms with Crippen LogP contribution in [0.3, 0.4) is 0 Å². The molecule has 3 N–H and O–H groups in total. The Morgan fingerprint density at radius 2 is 1.41 bits per heavy atom. The smallest absolute Gasteiger partial charge is 0.133 e. The van der Waals surface area contributed by atoms with Crippen molar-refractivity contribution >= 4 is 12.4 Å². The van der Waals surface area contributed by atoms with Gasteiger partial charge in [-0.2, -0.15) is 0 Å². The van der Waals surface area contributed by atoms with Crippen LogP contribution >= 0.6 is 0 Å². The molecule has 0 atom stereocenters. The number of phenols is 1. The molecule has 1 aromatic rings. The van der Waals surface area contributed by atoms with E-state index in [1.54, 1.807) is 12.1 Å². The van der Waals surface area contributed by atoms with Crippen molar-refractivity contribution < 1.29 is 15.5 Å². The van der Waals surface area contributed by atoms with E-state index in [9.17, 15) is 5.11 Å². The fraction of sp³-hybridized carbons (Fsp3) is 0.333. The van der Waals surface area contributed by atoms with E-state index in [-0.39, 0.29) is 11.2 Å². The highest BCUT2D eigenvalue weighted by Crippen LogP contribution is 2.29. The summed E-state index contributed by atoms with van der Waals surface area (Å²) < 4.78 is 0. The van der Waals surface area contributed by atoms with Gasteiger partial charge in [0.2, 0.25) is 0 Å². The number of rotatable bonds is 2. The predicted octanol–water partition coefficient (Wildman–Crippen LogP) is 2.31. The summed E-state index contributed by atoms with van der Waals surface area (Å²) in [5.41, 5.74) is 1.54. The maximum Gasteiger partial charge on any atom is 0.133 e. The molecule has 17 heavy (non-hydrogen) atoms. The average Bonchev–Trinajstić information content (AvgIpc) is 2.22. The lowest BCUT2D eigenvalue weighted by Gasteiger charge is -2.20. The van der Waals surface area contributed by atoms with Gasteiger partial charge in [-0.3, -0.25) is 0 Å². The van der Waals surface area contributed by atoms with Gasteiger partial charge in [0.25, 0.3) is 0 Å². The van der Waals surface area contributed by atoms with Gasteiger partial charge in [0, 0.05) is 11.1 Å². The molecule has 0 radical (unpaired) electrons. The first-order chi connectivity index (χ1) is 7.90. The first-order valence-corrected chi connectivity index (χ1v) is 5.12. The molecule has 0 saturated heterocycles. The van der Waals surface area contributed by atoms with Crippen molar-refractivity contribution in [3.05, 3.63) is 28.8 Å². The average molecular weight is 236 g/mol. The quantitative estimate of drug-likeness (QED) is 0.418. The standard InChI is InChI=1S/C12H16N2O3/c1-12(2,3)10-4-8(6-13-16)11(15)9(5-10)7-14-17/h4-7,15-17H,1-3H3. The van der Waals surface area contributed by atoms with E-state index in [2.05, 4.69) is 10.3 Å². The van der Waals surface area contributed by atoms with E-state index in [0.717, 1.165) is 18.0 Å². The van der Waals surface area contributed by atoms with Crippen molar-refractivity contribution in [2.45, 2.75) is 26.2 Å². The summed E-state index contributed by atoms with van der Waals surface area (Å²) in [6.45, 7) is 6.04. The van der Waals surface area contributed by atoms with Gasteiger partial charge in [0.05, 0.1) is 12.4 Å². The third kappa shape index (κ3) is 2.96. The Morgan fingerprint density at radius 3 is 1.71 bits per heavy atom. The zero-order chi connectivity index (χ0) is 13.1. The Labute approximate surface area is 99.7 Å². The normalized spacial score (nSPS) is 12.6. The summed E-state index contributed by atoms with van der Waals surface area (Å²) in [5, 5.41) is 32.7. The van der Waals surface area contributed by atoms with Crippen LogP contribution in [-0.4, -0.2) is 28.0 Å². The predicted molar refractivity (Wildman–Crippen MR) is 65.6 cm³/mol. The fourth-order valence-corrected chi connectivity index (χ4v) is 1.43. The lowest BCUT2D eigenvalue weighted by Crippen LogP contribution is -2.12. The lowest BCUT2D eigenvalue weighted by molar-refractivity contribution is 0.321. The van der Waals surface area contributed by atoms with Gasteiger partial charge in [-0.15, -0.1) is 0 Å². The van der Waals surface area contributed by atoms with Gasteiger partial charge in [-0.1, -0.05) is 31.1 Å². The van der Waals surface area contributed by atoms with Crippen molar-refractivity contribution in [2.24, 2.45) is 10.3 Å². The zero-order valence-electron chi connectivity index (χ0n) is 10.0. The van der Waals surface area contributed by atoms with Crippen LogP contribution < -0.4 is 0 Å². The highest BCUT2D eigenvalue weighted by molar-refractivity contribution is 5.92. The Balaban J connectivity index is 3.47. The molecule has 0 fully saturated rings. The van der Waals surface area contributed by atoms with Gasteiger partial charge in [0.1, 0.15) is 5.75 Å². The van der Waals surface area contributed by atoms with E-state index < -0.39 is 0 Å². The first kappa shape index (κ1) is 13.0. The van der Waals surface area contributed by atoms with Crippen molar-refractivity contribution in [2.75, 3.05) is 0 Å². The van der Waals surface area contributed by atoms with E-state index in [1.165, 1.54) is 0 Å². The molecule has 0 aliphatic rings. The highest BCUT2D eigenvalue weighted by Gasteiger charge is 2.17. The second kappa shape index (κ2) is 4.86. The molecule has 0 aliphatic heterocycles. The summed E-state index contributed by atoms with van der Waals surface area (Å²) in [5.74, 6) is -0.0893. The lowest BCUT2D eigenvalue weighted by atomic mass is 9.85. The molecule has 0 unspecified atom stereocenters. The third-order valence-corrected chi connectivity index (χ3v) is 2.43. The second-order valence-corrected chi connectivity index (χ2v) is 4.74. The highest BCUT2D eigenvalue weighted by atomic mass is 16.4. The van der Waals surface area contributed by atoms with Crippen LogP contribution in [0.15, 0.2) is 22.4 Å². The molecule has 0 aromatic heterocycles. The SMILES string of the molecule is CC(C)(C)c1cc(C=NO)c(O)c(C=NO)c1. The minimum Gasteiger partial charge on any atom is -0.507 e. The largest absolute Gasteiger partial charge is 0.507 e. The van der Waals surface area contributed by atoms with Crippen LogP contribution in [0.1, 0.15) is 37.5 Å². The van der Waals surface area contributed by atoms with Gasteiger partial charge in [-0.05, 0) is 23.1 Å². The number of hydrogen-bond acceptors (Lipinski definition) is 5. The van der Waals surface area contributed by atoms with E-state index in [0.29, 0.717) is 11.1 Å². The van der Waals surface area contributed by atoms with Crippen LogP contribution in [0.2, 0.25) is 0 Å². The number of aromatic hydroxyl groups is 1. The van der Waals surface area contributed by atoms with Crippen LogP contribution in [-0.2, 0) is 5.41 Å². The Bertz CT molecular complexity index is 426. The van der Waals surface area contributed by atoms with Gasteiger partial charge < -0.3 is 15.5 Å². The minimum absolute atomic E-state index is 0.0893. The second-order valence-electron chi connectivity index (χ2n) is 4.74. The molecule has 92 valence electrons.